The molecular formula is C19H15BrN2S. The summed E-state index contributed by atoms with van der Waals surface area (Å²) < 4.78 is 1.07. The Kier molecular flexibility index (Phi) is 4.02. The second-order valence-corrected chi connectivity index (χ2v) is 7.25. The number of nitrogens with zero attached hydrogens (tertiary/aromatic N) is 2. The molecule has 0 spiro atoms. The van der Waals surface area contributed by atoms with Crippen molar-refractivity contribution in [3.8, 4) is 0 Å². The first kappa shape index (κ1) is 14.7. The molecule has 1 aromatic heterocycles. The summed E-state index contributed by atoms with van der Waals surface area (Å²) in [4.78, 5) is 1.25. The van der Waals surface area contributed by atoms with Crippen LogP contribution in [0.4, 0.5) is 5.69 Å². The van der Waals surface area contributed by atoms with Crippen LogP contribution in [0.1, 0.15) is 22.9 Å². The molecule has 0 amide bonds. The summed E-state index contributed by atoms with van der Waals surface area (Å²) in [5.74, 6) is 0. The molecule has 2 heterocycles. The lowest BCUT2D eigenvalue weighted by atomic mass is 10.0. The lowest BCUT2D eigenvalue weighted by molar-refractivity contribution is 0.707. The third kappa shape index (κ3) is 2.84. The van der Waals surface area contributed by atoms with E-state index in [4.69, 9.17) is 5.10 Å². The zero-order chi connectivity index (χ0) is 15.6. The highest BCUT2D eigenvalue weighted by Crippen LogP contribution is 2.40. The van der Waals surface area contributed by atoms with Crippen LogP contribution in [0.5, 0.6) is 0 Å². The van der Waals surface area contributed by atoms with Gasteiger partial charge in [0, 0.05) is 10.9 Å². The Morgan fingerprint density at radius 2 is 1.74 bits per heavy atom. The molecule has 4 heteroatoms. The molecule has 0 N–H and O–H groups in total. The molecule has 0 radical (unpaired) electrons. The summed E-state index contributed by atoms with van der Waals surface area (Å²) >= 11 is 5.42. The number of halogens is 1. The van der Waals surface area contributed by atoms with Gasteiger partial charge in [0.15, 0.2) is 0 Å². The molecule has 1 aliphatic heterocycles. The Morgan fingerprint density at radius 3 is 2.48 bits per heavy atom. The number of anilines is 1. The number of para-hydroxylation sites is 1. The van der Waals surface area contributed by atoms with Crippen molar-refractivity contribution < 1.29 is 0 Å². The molecule has 0 aliphatic carbocycles. The van der Waals surface area contributed by atoms with Gasteiger partial charge in [-0.05, 0) is 45.1 Å². The lowest BCUT2D eigenvalue weighted by Crippen LogP contribution is -2.18. The summed E-state index contributed by atoms with van der Waals surface area (Å²) in [6.45, 7) is 0. The van der Waals surface area contributed by atoms with Gasteiger partial charge in [0.1, 0.15) is 0 Å². The number of hydrogen-bond donors (Lipinski definition) is 0. The number of hydrazone groups is 1. The summed E-state index contributed by atoms with van der Waals surface area (Å²) in [6, 6.07) is 23.3. The molecule has 114 valence electrons. The van der Waals surface area contributed by atoms with Crippen LogP contribution < -0.4 is 5.01 Å². The largest absolute Gasteiger partial charge is 0.256 e. The first-order valence-corrected chi connectivity index (χ1v) is 9.20. The lowest BCUT2D eigenvalue weighted by Gasteiger charge is -2.24. The quantitative estimate of drug-likeness (QED) is 0.553. The molecule has 0 bridgehead atoms. The summed E-state index contributed by atoms with van der Waals surface area (Å²) in [5, 5.41) is 9.20. The SMILES string of the molecule is Brc1ccccc1N1N=C(c2cccs2)C[C@@H]1c1ccccc1. The van der Waals surface area contributed by atoms with Crippen molar-refractivity contribution in [3.05, 3.63) is 87.0 Å². The highest BCUT2D eigenvalue weighted by Gasteiger charge is 2.30. The molecule has 0 unspecified atom stereocenters. The van der Waals surface area contributed by atoms with Crippen LogP contribution in [0.3, 0.4) is 0 Å². The summed E-state index contributed by atoms with van der Waals surface area (Å²) in [7, 11) is 0. The topological polar surface area (TPSA) is 15.6 Å². The second kappa shape index (κ2) is 6.30. The van der Waals surface area contributed by atoms with E-state index >= 15 is 0 Å². The van der Waals surface area contributed by atoms with Crippen LogP contribution in [-0.2, 0) is 0 Å². The van der Waals surface area contributed by atoms with Crippen LogP contribution in [0, 0.1) is 0 Å². The van der Waals surface area contributed by atoms with Gasteiger partial charge < -0.3 is 0 Å². The molecule has 0 saturated heterocycles. The van der Waals surface area contributed by atoms with E-state index in [1.165, 1.54) is 10.4 Å². The van der Waals surface area contributed by atoms with Crippen LogP contribution in [0.25, 0.3) is 0 Å². The van der Waals surface area contributed by atoms with Crippen molar-refractivity contribution in [3.63, 3.8) is 0 Å². The third-order valence-corrected chi connectivity index (χ3v) is 5.59. The van der Waals surface area contributed by atoms with Crippen molar-refractivity contribution in [2.75, 3.05) is 5.01 Å². The van der Waals surface area contributed by atoms with E-state index in [-0.39, 0.29) is 6.04 Å². The second-order valence-electron chi connectivity index (χ2n) is 5.45. The number of benzene rings is 2. The normalized spacial score (nSPS) is 17.3. The zero-order valence-corrected chi connectivity index (χ0v) is 14.8. The maximum absolute atomic E-state index is 4.95. The standard InChI is InChI=1S/C19H15BrN2S/c20-15-9-4-5-10-17(15)22-18(14-7-2-1-3-8-14)13-16(21-22)19-11-6-12-23-19/h1-12,18H,13H2/t18-/m1/s1. The van der Waals surface area contributed by atoms with Crippen LogP contribution >= 0.6 is 27.3 Å². The van der Waals surface area contributed by atoms with Crippen LogP contribution in [0.15, 0.2) is 81.7 Å². The van der Waals surface area contributed by atoms with Crippen molar-refractivity contribution in [1.82, 2.24) is 0 Å². The predicted molar refractivity (Wildman–Crippen MR) is 101 cm³/mol. The molecule has 2 aromatic carbocycles. The Bertz CT molecular complexity index is 828. The average Bonchev–Trinajstić information content (AvgIpc) is 3.26. The molecule has 4 rings (SSSR count). The van der Waals surface area contributed by atoms with E-state index in [2.05, 4.69) is 87.0 Å². The van der Waals surface area contributed by atoms with E-state index < -0.39 is 0 Å². The number of thiophene rings is 1. The van der Waals surface area contributed by atoms with E-state index in [9.17, 15) is 0 Å². The van der Waals surface area contributed by atoms with Gasteiger partial charge in [0.05, 0.1) is 22.3 Å². The fraction of sp³-hybridized carbons (Fsp3) is 0.105. The van der Waals surface area contributed by atoms with Crippen molar-refractivity contribution in [2.45, 2.75) is 12.5 Å². The molecule has 23 heavy (non-hydrogen) atoms. The van der Waals surface area contributed by atoms with E-state index in [0.717, 1.165) is 22.3 Å². The van der Waals surface area contributed by atoms with Gasteiger partial charge >= 0.3 is 0 Å². The summed E-state index contributed by atoms with van der Waals surface area (Å²) in [6.07, 6.45) is 0.922. The maximum atomic E-state index is 4.95. The molecule has 0 saturated carbocycles. The molecule has 3 aromatic rings. The first-order chi connectivity index (χ1) is 11.3. The van der Waals surface area contributed by atoms with E-state index in [1.54, 1.807) is 11.3 Å². The molecule has 0 fully saturated rings. The average molecular weight is 383 g/mol. The van der Waals surface area contributed by atoms with Gasteiger partial charge in [-0.3, -0.25) is 5.01 Å². The Morgan fingerprint density at radius 1 is 0.957 bits per heavy atom. The van der Waals surface area contributed by atoms with Gasteiger partial charge in [-0.15, -0.1) is 11.3 Å². The minimum Gasteiger partial charge on any atom is -0.256 e. The van der Waals surface area contributed by atoms with Gasteiger partial charge in [-0.2, -0.15) is 5.10 Å². The van der Waals surface area contributed by atoms with Gasteiger partial charge in [-0.1, -0.05) is 48.5 Å². The Hall–Kier alpha value is -1.91. The monoisotopic (exact) mass is 382 g/mol. The fourth-order valence-corrected chi connectivity index (χ4v) is 4.08. The van der Waals surface area contributed by atoms with Gasteiger partial charge in [0.2, 0.25) is 0 Å². The van der Waals surface area contributed by atoms with Crippen LogP contribution in [-0.4, -0.2) is 5.71 Å². The minimum absolute atomic E-state index is 0.229. The van der Waals surface area contributed by atoms with Crippen molar-refractivity contribution in [1.29, 1.82) is 0 Å². The Labute approximate surface area is 148 Å². The highest BCUT2D eigenvalue weighted by atomic mass is 79.9. The maximum Gasteiger partial charge on any atom is 0.0832 e. The molecule has 1 atom stereocenters. The van der Waals surface area contributed by atoms with Crippen molar-refractivity contribution >= 4 is 38.7 Å². The van der Waals surface area contributed by atoms with Crippen molar-refractivity contribution in [2.24, 2.45) is 5.10 Å². The fourth-order valence-electron chi connectivity index (χ4n) is 2.90. The number of hydrogen-bond acceptors (Lipinski definition) is 3. The van der Waals surface area contributed by atoms with E-state index in [0.29, 0.717) is 0 Å². The molecule has 1 aliphatic rings. The smallest absolute Gasteiger partial charge is 0.0832 e. The zero-order valence-electron chi connectivity index (χ0n) is 12.4. The summed E-state index contributed by atoms with van der Waals surface area (Å²) in [5.41, 5.74) is 3.55. The van der Waals surface area contributed by atoms with Gasteiger partial charge in [0.25, 0.3) is 0 Å². The minimum atomic E-state index is 0.229. The number of rotatable bonds is 3. The van der Waals surface area contributed by atoms with Gasteiger partial charge in [-0.25, -0.2) is 0 Å². The molecule has 2 nitrogen and oxygen atoms in total. The Balaban J connectivity index is 1.79. The first-order valence-electron chi connectivity index (χ1n) is 7.53. The van der Waals surface area contributed by atoms with E-state index in [1.807, 2.05) is 6.07 Å². The highest BCUT2D eigenvalue weighted by molar-refractivity contribution is 9.10. The van der Waals surface area contributed by atoms with Crippen LogP contribution in [0.2, 0.25) is 0 Å². The third-order valence-electron chi connectivity index (χ3n) is 4.00. The molecular weight excluding hydrogens is 368 g/mol. The predicted octanol–water partition coefficient (Wildman–Crippen LogP) is 5.87.